The van der Waals surface area contributed by atoms with E-state index in [4.69, 9.17) is 11.6 Å². The molecule has 0 radical (unpaired) electrons. The molecule has 6 heteroatoms. The largest absolute Gasteiger partial charge is 0.370 e. The van der Waals surface area contributed by atoms with Crippen LogP contribution in [0.1, 0.15) is 29.9 Å². The molecule has 21 heavy (non-hydrogen) atoms. The fourth-order valence-electron chi connectivity index (χ4n) is 1.83. The van der Waals surface area contributed by atoms with Gasteiger partial charge in [0, 0.05) is 24.0 Å². The van der Waals surface area contributed by atoms with E-state index >= 15 is 0 Å². The molecule has 0 saturated carbocycles. The van der Waals surface area contributed by atoms with Crippen LogP contribution in [0.2, 0.25) is 5.02 Å². The van der Waals surface area contributed by atoms with E-state index in [1.165, 1.54) is 0 Å². The van der Waals surface area contributed by atoms with Gasteiger partial charge in [0.05, 0.1) is 5.02 Å². The molecule has 0 fully saturated rings. The van der Waals surface area contributed by atoms with Crippen molar-refractivity contribution in [3.8, 4) is 0 Å². The van der Waals surface area contributed by atoms with Crippen LogP contribution in [0.25, 0.3) is 0 Å². The standard InChI is InChI=1S/C15H17ClN4O/c1-3-11-8-10(9-13(19-11)17-4-2)15(21)20-14-12(16)6-5-7-18-14/h5-9H,3-4H2,1-2H3,(H,17,19)(H,18,20,21). The number of aromatic nitrogens is 2. The van der Waals surface area contributed by atoms with Crippen LogP contribution in [0, 0.1) is 0 Å². The van der Waals surface area contributed by atoms with E-state index in [-0.39, 0.29) is 5.91 Å². The van der Waals surface area contributed by atoms with Gasteiger partial charge in [-0.15, -0.1) is 0 Å². The highest BCUT2D eigenvalue weighted by molar-refractivity contribution is 6.33. The third kappa shape index (κ3) is 3.92. The fourth-order valence-corrected chi connectivity index (χ4v) is 2.00. The lowest BCUT2D eigenvalue weighted by atomic mass is 10.2. The third-order valence-electron chi connectivity index (χ3n) is 2.85. The molecule has 0 aliphatic heterocycles. The molecule has 0 aliphatic rings. The first-order valence-electron chi connectivity index (χ1n) is 6.80. The van der Waals surface area contributed by atoms with Crippen molar-refractivity contribution < 1.29 is 4.79 Å². The van der Waals surface area contributed by atoms with Crippen LogP contribution >= 0.6 is 11.6 Å². The second kappa shape index (κ2) is 7.04. The zero-order valence-electron chi connectivity index (χ0n) is 12.0. The van der Waals surface area contributed by atoms with Crippen molar-refractivity contribution >= 4 is 29.1 Å². The van der Waals surface area contributed by atoms with Crippen LogP contribution < -0.4 is 10.6 Å². The molecule has 0 atom stereocenters. The molecule has 110 valence electrons. The van der Waals surface area contributed by atoms with Gasteiger partial charge in [-0.2, -0.15) is 0 Å². The van der Waals surface area contributed by atoms with E-state index < -0.39 is 0 Å². The second-order valence-electron chi connectivity index (χ2n) is 4.40. The van der Waals surface area contributed by atoms with Crippen LogP contribution in [0.5, 0.6) is 0 Å². The number of carbonyl (C=O) groups is 1. The molecule has 0 bridgehead atoms. The highest BCUT2D eigenvalue weighted by Gasteiger charge is 2.12. The van der Waals surface area contributed by atoms with E-state index in [0.717, 1.165) is 18.7 Å². The minimum Gasteiger partial charge on any atom is -0.370 e. The summed E-state index contributed by atoms with van der Waals surface area (Å²) >= 11 is 5.99. The van der Waals surface area contributed by atoms with Crippen molar-refractivity contribution in [2.24, 2.45) is 0 Å². The number of halogens is 1. The number of rotatable bonds is 5. The molecule has 2 heterocycles. The Morgan fingerprint density at radius 3 is 2.81 bits per heavy atom. The number of hydrogen-bond donors (Lipinski definition) is 2. The molecule has 0 unspecified atom stereocenters. The first-order valence-corrected chi connectivity index (χ1v) is 7.18. The molecule has 0 saturated heterocycles. The van der Waals surface area contributed by atoms with Crippen LogP contribution in [0.4, 0.5) is 11.6 Å². The van der Waals surface area contributed by atoms with Crippen molar-refractivity contribution in [2.75, 3.05) is 17.2 Å². The topological polar surface area (TPSA) is 66.9 Å². The molecular formula is C15H17ClN4O. The van der Waals surface area contributed by atoms with Crippen molar-refractivity contribution in [2.45, 2.75) is 20.3 Å². The number of aryl methyl sites for hydroxylation is 1. The van der Waals surface area contributed by atoms with Gasteiger partial charge in [-0.05, 0) is 37.6 Å². The number of carbonyl (C=O) groups excluding carboxylic acids is 1. The summed E-state index contributed by atoms with van der Waals surface area (Å²) in [7, 11) is 0. The molecule has 2 aromatic heterocycles. The third-order valence-corrected chi connectivity index (χ3v) is 3.16. The summed E-state index contributed by atoms with van der Waals surface area (Å²) in [6.07, 6.45) is 2.33. The van der Waals surface area contributed by atoms with Gasteiger partial charge in [0.15, 0.2) is 5.82 Å². The van der Waals surface area contributed by atoms with Gasteiger partial charge >= 0.3 is 0 Å². The predicted molar refractivity (Wildman–Crippen MR) is 85.0 cm³/mol. The Morgan fingerprint density at radius 1 is 1.33 bits per heavy atom. The highest BCUT2D eigenvalue weighted by Crippen LogP contribution is 2.19. The Balaban J connectivity index is 2.26. The maximum atomic E-state index is 12.3. The highest BCUT2D eigenvalue weighted by atomic mass is 35.5. The van der Waals surface area contributed by atoms with Crippen LogP contribution in [0.15, 0.2) is 30.5 Å². The summed E-state index contributed by atoms with van der Waals surface area (Å²) in [5.74, 6) is 0.782. The maximum Gasteiger partial charge on any atom is 0.257 e. The lowest BCUT2D eigenvalue weighted by molar-refractivity contribution is 0.102. The Kier molecular flexibility index (Phi) is 5.11. The smallest absolute Gasteiger partial charge is 0.257 e. The minimum absolute atomic E-state index is 0.258. The van der Waals surface area contributed by atoms with E-state index in [1.807, 2.05) is 13.8 Å². The Bertz CT molecular complexity index is 645. The average Bonchev–Trinajstić information content (AvgIpc) is 2.49. The van der Waals surface area contributed by atoms with Gasteiger partial charge < -0.3 is 10.6 Å². The van der Waals surface area contributed by atoms with Gasteiger partial charge in [-0.3, -0.25) is 4.79 Å². The van der Waals surface area contributed by atoms with E-state index in [1.54, 1.807) is 30.5 Å². The molecule has 1 amide bonds. The number of anilines is 2. The monoisotopic (exact) mass is 304 g/mol. The van der Waals surface area contributed by atoms with Gasteiger partial charge in [0.25, 0.3) is 5.91 Å². The Labute approximate surface area is 128 Å². The fraction of sp³-hybridized carbons (Fsp3) is 0.267. The van der Waals surface area contributed by atoms with Crippen molar-refractivity contribution in [3.05, 3.63) is 46.7 Å². The molecule has 0 aliphatic carbocycles. The summed E-state index contributed by atoms with van der Waals surface area (Å²) in [6.45, 7) is 4.72. The van der Waals surface area contributed by atoms with Crippen LogP contribution in [-0.2, 0) is 6.42 Å². The van der Waals surface area contributed by atoms with Crippen molar-refractivity contribution in [1.29, 1.82) is 0 Å². The SMILES string of the molecule is CCNc1cc(C(=O)Nc2ncccc2Cl)cc(CC)n1. The zero-order valence-corrected chi connectivity index (χ0v) is 12.7. The summed E-state index contributed by atoms with van der Waals surface area (Å²) < 4.78 is 0. The summed E-state index contributed by atoms with van der Waals surface area (Å²) in [4.78, 5) is 20.8. The van der Waals surface area contributed by atoms with E-state index in [9.17, 15) is 4.79 Å². The van der Waals surface area contributed by atoms with Crippen LogP contribution in [-0.4, -0.2) is 22.4 Å². The zero-order chi connectivity index (χ0) is 15.2. The molecule has 0 spiro atoms. The van der Waals surface area contributed by atoms with E-state index in [0.29, 0.717) is 22.2 Å². The minimum atomic E-state index is -0.258. The predicted octanol–water partition coefficient (Wildman–Crippen LogP) is 3.38. The quantitative estimate of drug-likeness (QED) is 0.888. The lowest BCUT2D eigenvalue weighted by Crippen LogP contribution is -2.15. The molecular weight excluding hydrogens is 288 g/mol. The molecule has 0 aromatic carbocycles. The summed E-state index contributed by atoms with van der Waals surface area (Å²) in [5, 5.41) is 6.23. The Hall–Kier alpha value is -2.14. The van der Waals surface area contributed by atoms with Gasteiger partial charge in [0.1, 0.15) is 5.82 Å². The number of pyridine rings is 2. The number of hydrogen-bond acceptors (Lipinski definition) is 4. The molecule has 5 nitrogen and oxygen atoms in total. The lowest BCUT2D eigenvalue weighted by Gasteiger charge is -2.10. The first-order chi connectivity index (χ1) is 10.1. The van der Waals surface area contributed by atoms with Gasteiger partial charge in [-0.25, -0.2) is 9.97 Å². The number of nitrogens with one attached hydrogen (secondary N) is 2. The van der Waals surface area contributed by atoms with Crippen molar-refractivity contribution in [1.82, 2.24) is 9.97 Å². The molecule has 2 N–H and O–H groups in total. The first kappa shape index (κ1) is 15.3. The normalized spacial score (nSPS) is 10.2. The van der Waals surface area contributed by atoms with Crippen molar-refractivity contribution in [3.63, 3.8) is 0 Å². The second-order valence-corrected chi connectivity index (χ2v) is 4.81. The number of nitrogens with zero attached hydrogens (tertiary/aromatic N) is 2. The molecule has 2 rings (SSSR count). The summed E-state index contributed by atoms with van der Waals surface area (Å²) in [6, 6.07) is 6.88. The Morgan fingerprint density at radius 2 is 2.14 bits per heavy atom. The van der Waals surface area contributed by atoms with Gasteiger partial charge in [-0.1, -0.05) is 18.5 Å². The molecule has 2 aromatic rings. The van der Waals surface area contributed by atoms with Crippen LogP contribution in [0.3, 0.4) is 0 Å². The summed E-state index contributed by atoms with van der Waals surface area (Å²) in [5.41, 5.74) is 1.38. The van der Waals surface area contributed by atoms with E-state index in [2.05, 4.69) is 20.6 Å². The van der Waals surface area contributed by atoms with Gasteiger partial charge in [0.2, 0.25) is 0 Å². The average molecular weight is 305 g/mol. The maximum absolute atomic E-state index is 12.3. The number of amides is 1.